The Kier molecular flexibility index (Phi) is 5.41. The second kappa shape index (κ2) is 7.29. The zero-order valence-electron chi connectivity index (χ0n) is 12.1. The standard InChI is InChI=1S/C16H24N2O2/c1-20-14-6-2-4-12(10-14)8-9-18-16(19)11-13-5-3-7-15(13)17/h2,4,6,10,13,15H,3,5,7-9,11,17H2,1H3,(H,18,19)/t13-,15+/m0/s1. The van der Waals surface area contributed by atoms with Gasteiger partial charge in [0, 0.05) is 19.0 Å². The number of hydrogen-bond acceptors (Lipinski definition) is 3. The molecule has 1 aromatic carbocycles. The maximum atomic E-state index is 11.9. The van der Waals surface area contributed by atoms with Crippen molar-refractivity contribution in [2.24, 2.45) is 11.7 Å². The van der Waals surface area contributed by atoms with Crippen LogP contribution in [-0.2, 0) is 11.2 Å². The van der Waals surface area contributed by atoms with Gasteiger partial charge in [-0.2, -0.15) is 0 Å². The highest BCUT2D eigenvalue weighted by atomic mass is 16.5. The number of amides is 1. The lowest BCUT2D eigenvalue weighted by atomic mass is 10.00. The third-order valence-electron chi connectivity index (χ3n) is 4.04. The summed E-state index contributed by atoms with van der Waals surface area (Å²) in [5.41, 5.74) is 7.15. The molecular formula is C16H24N2O2. The summed E-state index contributed by atoms with van der Waals surface area (Å²) in [6.07, 6.45) is 4.69. The van der Waals surface area contributed by atoms with Crippen molar-refractivity contribution in [2.45, 2.75) is 38.1 Å². The van der Waals surface area contributed by atoms with Gasteiger partial charge in [0.15, 0.2) is 0 Å². The van der Waals surface area contributed by atoms with Crippen LogP contribution in [0.1, 0.15) is 31.2 Å². The summed E-state index contributed by atoms with van der Waals surface area (Å²) in [6.45, 7) is 0.661. The zero-order chi connectivity index (χ0) is 14.4. The highest BCUT2D eigenvalue weighted by molar-refractivity contribution is 5.76. The van der Waals surface area contributed by atoms with E-state index >= 15 is 0 Å². The number of carbonyl (C=O) groups is 1. The van der Waals surface area contributed by atoms with E-state index in [0.29, 0.717) is 18.9 Å². The third kappa shape index (κ3) is 4.23. The molecule has 1 saturated carbocycles. The van der Waals surface area contributed by atoms with Crippen molar-refractivity contribution in [1.29, 1.82) is 0 Å². The number of benzene rings is 1. The van der Waals surface area contributed by atoms with E-state index in [1.54, 1.807) is 7.11 Å². The van der Waals surface area contributed by atoms with E-state index < -0.39 is 0 Å². The maximum Gasteiger partial charge on any atom is 0.220 e. The number of carbonyl (C=O) groups excluding carboxylic acids is 1. The van der Waals surface area contributed by atoms with Crippen LogP contribution in [0, 0.1) is 5.92 Å². The van der Waals surface area contributed by atoms with Gasteiger partial charge < -0.3 is 15.8 Å². The molecule has 1 aromatic rings. The van der Waals surface area contributed by atoms with Gasteiger partial charge in [-0.1, -0.05) is 18.6 Å². The smallest absolute Gasteiger partial charge is 0.220 e. The number of rotatable bonds is 6. The van der Waals surface area contributed by atoms with E-state index in [2.05, 4.69) is 5.32 Å². The van der Waals surface area contributed by atoms with Crippen LogP contribution in [-0.4, -0.2) is 25.6 Å². The summed E-state index contributed by atoms with van der Waals surface area (Å²) in [5.74, 6) is 1.34. The molecule has 0 aromatic heterocycles. The van der Waals surface area contributed by atoms with Crippen LogP contribution in [0.15, 0.2) is 24.3 Å². The average Bonchev–Trinajstić information content (AvgIpc) is 2.84. The van der Waals surface area contributed by atoms with E-state index in [1.165, 1.54) is 5.56 Å². The minimum atomic E-state index is 0.121. The lowest BCUT2D eigenvalue weighted by Gasteiger charge is -2.14. The molecule has 0 spiro atoms. The predicted octanol–water partition coefficient (Wildman–Crippen LogP) is 1.87. The van der Waals surface area contributed by atoms with Crippen LogP contribution in [0.5, 0.6) is 5.75 Å². The Hall–Kier alpha value is -1.55. The molecule has 20 heavy (non-hydrogen) atoms. The quantitative estimate of drug-likeness (QED) is 0.833. The summed E-state index contributed by atoms with van der Waals surface area (Å²) in [6, 6.07) is 8.14. The van der Waals surface area contributed by atoms with Crippen LogP contribution in [0.4, 0.5) is 0 Å². The molecule has 0 aliphatic heterocycles. The Bertz CT molecular complexity index is 448. The molecule has 2 rings (SSSR count). The molecule has 0 heterocycles. The lowest BCUT2D eigenvalue weighted by Crippen LogP contribution is -2.32. The predicted molar refractivity (Wildman–Crippen MR) is 79.6 cm³/mol. The first kappa shape index (κ1) is 14.9. The van der Waals surface area contributed by atoms with Crippen LogP contribution < -0.4 is 15.8 Å². The largest absolute Gasteiger partial charge is 0.497 e. The maximum absolute atomic E-state index is 11.9. The zero-order valence-corrected chi connectivity index (χ0v) is 12.1. The summed E-state index contributed by atoms with van der Waals surface area (Å²) >= 11 is 0. The fourth-order valence-corrected chi connectivity index (χ4v) is 2.80. The molecular weight excluding hydrogens is 252 g/mol. The molecule has 0 unspecified atom stereocenters. The molecule has 1 amide bonds. The molecule has 2 atom stereocenters. The van der Waals surface area contributed by atoms with Gasteiger partial charge in [-0.25, -0.2) is 0 Å². The van der Waals surface area contributed by atoms with Crippen molar-refractivity contribution in [2.75, 3.05) is 13.7 Å². The molecule has 0 radical (unpaired) electrons. The van der Waals surface area contributed by atoms with E-state index in [4.69, 9.17) is 10.5 Å². The van der Waals surface area contributed by atoms with Gasteiger partial charge in [0.2, 0.25) is 5.91 Å². The van der Waals surface area contributed by atoms with Crippen molar-refractivity contribution >= 4 is 5.91 Å². The van der Waals surface area contributed by atoms with Crippen molar-refractivity contribution in [1.82, 2.24) is 5.32 Å². The fourth-order valence-electron chi connectivity index (χ4n) is 2.80. The molecule has 3 N–H and O–H groups in total. The SMILES string of the molecule is COc1cccc(CCNC(=O)C[C@@H]2CCC[C@H]2N)c1. The van der Waals surface area contributed by atoms with Crippen molar-refractivity contribution < 1.29 is 9.53 Å². The highest BCUT2D eigenvalue weighted by Crippen LogP contribution is 2.26. The molecule has 0 bridgehead atoms. The summed E-state index contributed by atoms with van der Waals surface area (Å²) < 4.78 is 5.18. The monoisotopic (exact) mass is 276 g/mol. The summed E-state index contributed by atoms with van der Waals surface area (Å²) in [5, 5.41) is 2.98. The number of hydrogen-bond donors (Lipinski definition) is 2. The van der Waals surface area contributed by atoms with Crippen molar-refractivity contribution in [3.05, 3.63) is 29.8 Å². The Morgan fingerprint density at radius 1 is 1.45 bits per heavy atom. The van der Waals surface area contributed by atoms with Gasteiger partial charge in [-0.3, -0.25) is 4.79 Å². The van der Waals surface area contributed by atoms with Gasteiger partial charge in [0.05, 0.1) is 7.11 Å². The molecule has 0 saturated heterocycles. The van der Waals surface area contributed by atoms with Crippen LogP contribution >= 0.6 is 0 Å². The highest BCUT2D eigenvalue weighted by Gasteiger charge is 2.25. The second-order valence-electron chi connectivity index (χ2n) is 5.51. The molecule has 1 aliphatic rings. The van der Waals surface area contributed by atoms with E-state index in [9.17, 15) is 4.79 Å². The van der Waals surface area contributed by atoms with Crippen LogP contribution in [0.3, 0.4) is 0 Å². The Balaban J connectivity index is 1.70. The lowest BCUT2D eigenvalue weighted by molar-refractivity contribution is -0.122. The molecule has 1 fully saturated rings. The molecule has 4 heteroatoms. The summed E-state index contributed by atoms with van der Waals surface area (Å²) in [7, 11) is 1.66. The molecule has 4 nitrogen and oxygen atoms in total. The van der Waals surface area contributed by atoms with Gasteiger partial charge in [-0.15, -0.1) is 0 Å². The second-order valence-corrected chi connectivity index (χ2v) is 5.51. The van der Waals surface area contributed by atoms with Crippen LogP contribution in [0.25, 0.3) is 0 Å². The third-order valence-corrected chi connectivity index (χ3v) is 4.04. The molecule has 1 aliphatic carbocycles. The van der Waals surface area contributed by atoms with E-state index in [0.717, 1.165) is 31.4 Å². The first-order valence-electron chi connectivity index (χ1n) is 7.34. The Morgan fingerprint density at radius 2 is 2.30 bits per heavy atom. The number of nitrogens with one attached hydrogen (secondary N) is 1. The topological polar surface area (TPSA) is 64.3 Å². The minimum Gasteiger partial charge on any atom is -0.497 e. The van der Waals surface area contributed by atoms with Crippen LogP contribution in [0.2, 0.25) is 0 Å². The van der Waals surface area contributed by atoms with E-state index in [1.807, 2.05) is 24.3 Å². The number of nitrogens with two attached hydrogens (primary N) is 1. The Labute approximate surface area is 120 Å². The summed E-state index contributed by atoms with van der Waals surface area (Å²) in [4.78, 5) is 11.9. The van der Waals surface area contributed by atoms with Crippen molar-refractivity contribution in [3.63, 3.8) is 0 Å². The van der Waals surface area contributed by atoms with Gasteiger partial charge in [0.25, 0.3) is 0 Å². The van der Waals surface area contributed by atoms with Gasteiger partial charge in [0.1, 0.15) is 5.75 Å². The first-order chi connectivity index (χ1) is 9.69. The normalized spacial score (nSPS) is 21.7. The molecule has 110 valence electrons. The minimum absolute atomic E-state index is 0.121. The van der Waals surface area contributed by atoms with Gasteiger partial charge in [-0.05, 0) is 42.9 Å². The Morgan fingerprint density at radius 3 is 3.00 bits per heavy atom. The van der Waals surface area contributed by atoms with Gasteiger partial charge >= 0.3 is 0 Å². The average molecular weight is 276 g/mol. The first-order valence-corrected chi connectivity index (χ1v) is 7.34. The number of ether oxygens (including phenoxy) is 1. The van der Waals surface area contributed by atoms with E-state index in [-0.39, 0.29) is 11.9 Å². The number of methoxy groups -OCH3 is 1. The fraction of sp³-hybridized carbons (Fsp3) is 0.562. The van der Waals surface area contributed by atoms with Crippen molar-refractivity contribution in [3.8, 4) is 5.75 Å².